The van der Waals surface area contributed by atoms with Gasteiger partial charge < -0.3 is 10.1 Å². The summed E-state index contributed by atoms with van der Waals surface area (Å²) in [6.07, 6.45) is 5.05. The number of imide groups is 1. The van der Waals surface area contributed by atoms with E-state index in [1.54, 1.807) is 6.07 Å². The van der Waals surface area contributed by atoms with E-state index in [0.717, 1.165) is 6.42 Å². The van der Waals surface area contributed by atoms with Gasteiger partial charge >= 0.3 is 0 Å². The average molecular weight is 330 g/mol. The van der Waals surface area contributed by atoms with Gasteiger partial charge in [-0.15, -0.1) is 0 Å². The van der Waals surface area contributed by atoms with Crippen molar-refractivity contribution >= 4 is 17.7 Å². The third-order valence-corrected chi connectivity index (χ3v) is 4.75. The summed E-state index contributed by atoms with van der Waals surface area (Å²) in [6, 6.07) is 4.51. The summed E-state index contributed by atoms with van der Waals surface area (Å²) in [6.45, 7) is 3.11. The molecule has 0 radical (unpaired) electrons. The number of carbonyl (C=O) groups is 3. The van der Waals surface area contributed by atoms with Crippen LogP contribution in [0.25, 0.3) is 0 Å². The molecule has 0 aromatic heterocycles. The Morgan fingerprint density at radius 2 is 1.96 bits per heavy atom. The highest BCUT2D eigenvalue weighted by Crippen LogP contribution is 2.26. The Balaban J connectivity index is 1.50. The van der Waals surface area contributed by atoms with E-state index in [1.807, 2.05) is 0 Å². The second-order valence-electron chi connectivity index (χ2n) is 6.47. The van der Waals surface area contributed by atoms with Gasteiger partial charge in [-0.25, -0.2) is 0 Å². The molecule has 2 N–H and O–H groups in total. The lowest BCUT2D eigenvalue weighted by molar-refractivity contribution is -0.00293. The number of rotatable bonds is 5. The van der Waals surface area contributed by atoms with Crippen molar-refractivity contribution in [3.05, 3.63) is 34.9 Å². The van der Waals surface area contributed by atoms with Crippen LogP contribution in [-0.2, 0) is 4.74 Å². The van der Waals surface area contributed by atoms with Crippen LogP contribution in [0.1, 0.15) is 63.7 Å². The van der Waals surface area contributed by atoms with E-state index >= 15 is 0 Å². The summed E-state index contributed by atoms with van der Waals surface area (Å²) in [5.41, 5.74) is 0.927. The van der Waals surface area contributed by atoms with E-state index in [-0.39, 0.29) is 17.6 Å². The lowest BCUT2D eigenvalue weighted by atomic mass is 9.88. The minimum absolute atomic E-state index is 0.250. The summed E-state index contributed by atoms with van der Waals surface area (Å²) in [5, 5.41) is 5.00. The van der Waals surface area contributed by atoms with Crippen molar-refractivity contribution < 1.29 is 19.1 Å². The molecule has 1 aromatic carbocycles. The largest absolute Gasteiger partial charge is 0.376 e. The molecule has 6 heteroatoms. The Morgan fingerprint density at radius 1 is 1.21 bits per heavy atom. The number of benzene rings is 1. The van der Waals surface area contributed by atoms with Crippen LogP contribution in [0.3, 0.4) is 0 Å². The van der Waals surface area contributed by atoms with Crippen molar-refractivity contribution in [1.82, 2.24) is 10.6 Å². The van der Waals surface area contributed by atoms with Crippen LogP contribution in [-0.4, -0.2) is 37.0 Å². The molecule has 0 saturated heterocycles. The first-order chi connectivity index (χ1) is 11.6. The van der Waals surface area contributed by atoms with Crippen LogP contribution in [0, 0.1) is 5.92 Å². The van der Waals surface area contributed by atoms with Crippen molar-refractivity contribution in [3.8, 4) is 0 Å². The Hall–Kier alpha value is -2.21. The van der Waals surface area contributed by atoms with Gasteiger partial charge in [-0.3, -0.25) is 19.7 Å². The number of ether oxygens (including phenoxy) is 1. The third-order valence-electron chi connectivity index (χ3n) is 4.75. The molecular formula is C18H22N2O4. The van der Waals surface area contributed by atoms with E-state index in [4.69, 9.17) is 4.74 Å². The number of hydrogen-bond acceptors (Lipinski definition) is 4. The molecule has 3 amide bonds. The summed E-state index contributed by atoms with van der Waals surface area (Å²) in [5.74, 6) is -0.580. The molecule has 0 unspecified atom stereocenters. The first-order valence-corrected chi connectivity index (χ1v) is 8.46. The zero-order valence-corrected chi connectivity index (χ0v) is 13.8. The highest BCUT2D eigenvalue weighted by atomic mass is 16.5. The van der Waals surface area contributed by atoms with Crippen LogP contribution in [0.5, 0.6) is 0 Å². The maximum absolute atomic E-state index is 12.2. The van der Waals surface area contributed by atoms with Gasteiger partial charge in [0.05, 0.1) is 23.8 Å². The molecule has 24 heavy (non-hydrogen) atoms. The number of nitrogens with one attached hydrogen (secondary N) is 2. The van der Waals surface area contributed by atoms with E-state index in [9.17, 15) is 14.4 Å². The molecule has 1 aliphatic carbocycles. The Bertz CT molecular complexity index is 671. The first kappa shape index (κ1) is 16.6. The van der Waals surface area contributed by atoms with E-state index in [1.165, 1.54) is 31.4 Å². The smallest absolute Gasteiger partial charge is 0.258 e. The molecule has 1 aromatic rings. The van der Waals surface area contributed by atoms with Crippen molar-refractivity contribution in [1.29, 1.82) is 0 Å². The van der Waals surface area contributed by atoms with Crippen LogP contribution in [0.15, 0.2) is 18.2 Å². The van der Waals surface area contributed by atoms with Gasteiger partial charge in [0.15, 0.2) is 0 Å². The fourth-order valence-electron chi connectivity index (χ4n) is 3.32. The lowest BCUT2D eigenvalue weighted by Gasteiger charge is -2.28. The lowest BCUT2D eigenvalue weighted by Crippen LogP contribution is -2.31. The zero-order valence-electron chi connectivity index (χ0n) is 13.8. The molecule has 1 aliphatic heterocycles. The first-order valence-electron chi connectivity index (χ1n) is 8.46. The number of amides is 3. The van der Waals surface area contributed by atoms with Crippen molar-refractivity contribution in [3.63, 3.8) is 0 Å². The average Bonchev–Trinajstić information content (AvgIpc) is 2.87. The predicted octanol–water partition coefficient (Wildman–Crippen LogP) is 1.90. The Kier molecular flexibility index (Phi) is 4.94. The van der Waals surface area contributed by atoms with Gasteiger partial charge in [0.2, 0.25) is 0 Å². The summed E-state index contributed by atoms with van der Waals surface area (Å²) < 4.78 is 5.86. The van der Waals surface area contributed by atoms with E-state index < -0.39 is 11.8 Å². The summed E-state index contributed by atoms with van der Waals surface area (Å²) >= 11 is 0. The molecule has 1 fully saturated rings. The van der Waals surface area contributed by atoms with Crippen molar-refractivity contribution in [2.75, 3.05) is 13.2 Å². The minimum Gasteiger partial charge on any atom is -0.376 e. The standard InChI is InChI=1S/C18H22N2O4/c1-11-4-2-3-5-15(11)24-9-8-19-16(21)12-6-7-13-14(10-12)18(23)20-17(13)22/h6-7,10-11,15H,2-5,8-9H2,1H3,(H,19,21)(H,20,22,23)/t11-,15-/m0/s1. The molecule has 0 spiro atoms. The fraction of sp³-hybridized carbons (Fsp3) is 0.500. The molecular weight excluding hydrogens is 308 g/mol. The maximum atomic E-state index is 12.2. The van der Waals surface area contributed by atoms with Crippen molar-refractivity contribution in [2.24, 2.45) is 5.92 Å². The molecule has 0 bridgehead atoms. The molecule has 6 nitrogen and oxygen atoms in total. The second kappa shape index (κ2) is 7.13. The maximum Gasteiger partial charge on any atom is 0.258 e. The van der Waals surface area contributed by atoms with Gasteiger partial charge in [-0.1, -0.05) is 19.8 Å². The monoisotopic (exact) mass is 330 g/mol. The van der Waals surface area contributed by atoms with Gasteiger partial charge in [0.1, 0.15) is 0 Å². The fourth-order valence-corrected chi connectivity index (χ4v) is 3.32. The SMILES string of the molecule is C[C@H]1CCCC[C@@H]1OCCNC(=O)c1ccc2c(c1)C(=O)NC2=O. The third kappa shape index (κ3) is 3.48. The van der Waals surface area contributed by atoms with Gasteiger partial charge in [-0.05, 0) is 37.0 Å². The van der Waals surface area contributed by atoms with Crippen LogP contribution >= 0.6 is 0 Å². The molecule has 128 valence electrons. The normalized spacial score (nSPS) is 22.9. The topological polar surface area (TPSA) is 84.5 Å². The number of fused-ring (bicyclic) bond motifs is 1. The van der Waals surface area contributed by atoms with Gasteiger partial charge in [0, 0.05) is 12.1 Å². The van der Waals surface area contributed by atoms with Gasteiger partial charge in [-0.2, -0.15) is 0 Å². The Labute approximate surface area is 140 Å². The highest BCUT2D eigenvalue weighted by molar-refractivity contribution is 6.22. The van der Waals surface area contributed by atoms with E-state index in [0.29, 0.717) is 30.2 Å². The molecule has 2 atom stereocenters. The van der Waals surface area contributed by atoms with Crippen molar-refractivity contribution in [2.45, 2.75) is 38.7 Å². The Morgan fingerprint density at radius 3 is 2.75 bits per heavy atom. The zero-order chi connectivity index (χ0) is 17.1. The van der Waals surface area contributed by atoms with Crippen LogP contribution in [0.4, 0.5) is 0 Å². The summed E-state index contributed by atoms with van der Waals surface area (Å²) in [4.78, 5) is 35.3. The second-order valence-corrected chi connectivity index (χ2v) is 6.47. The predicted molar refractivity (Wildman–Crippen MR) is 87.9 cm³/mol. The molecule has 2 aliphatic rings. The highest BCUT2D eigenvalue weighted by Gasteiger charge is 2.27. The minimum atomic E-state index is -0.459. The molecule has 1 heterocycles. The number of carbonyl (C=O) groups excluding carboxylic acids is 3. The van der Waals surface area contributed by atoms with Gasteiger partial charge in [0.25, 0.3) is 17.7 Å². The molecule has 3 rings (SSSR count). The summed E-state index contributed by atoms with van der Waals surface area (Å²) in [7, 11) is 0. The van der Waals surface area contributed by atoms with E-state index in [2.05, 4.69) is 17.6 Å². The quantitative estimate of drug-likeness (QED) is 0.638. The van der Waals surface area contributed by atoms with Crippen LogP contribution < -0.4 is 10.6 Å². The number of hydrogen-bond donors (Lipinski definition) is 2. The molecule has 1 saturated carbocycles. The van der Waals surface area contributed by atoms with Crippen LogP contribution in [0.2, 0.25) is 0 Å².